The topological polar surface area (TPSA) is 42.4 Å². The Hall–Kier alpha value is -2.46. The number of para-hydroxylation sites is 2. The Balaban J connectivity index is 2.11. The molecule has 0 saturated heterocycles. The standard InChI is InChI=1S/C17H14FNO2/c1-11(20)13-7-3-8-14(18)17(13)21-15-9-2-5-12-6-4-10-19-16(12)15/h2-11,20H,1H3/t11-/m0/s1. The number of halogens is 1. The zero-order valence-corrected chi connectivity index (χ0v) is 11.5. The van der Waals surface area contributed by atoms with Gasteiger partial charge in [0.25, 0.3) is 0 Å². The van der Waals surface area contributed by atoms with Crippen LogP contribution < -0.4 is 4.74 Å². The molecule has 0 bridgehead atoms. The monoisotopic (exact) mass is 283 g/mol. The van der Waals surface area contributed by atoms with Crippen LogP contribution in [0.3, 0.4) is 0 Å². The molecule has 1 aromatic heterocycles. The molecule has 1 heterocycles. The first-order chi connectivity index (χ1) is 10.2. The molecule has 106 valence electrons. The number of hydrogen-bond acceptors (Lipinski definition) is 3. The van der Waals surface area contributed by atoms with Crippen LogP contribution in [0.1, 0.15) is 18.6 Å². The smallest absolute Gasteiger partial charge is 0.168 e. The minimum atomic E-state index is -0.821. The Labute approximate surface area is 121 Å². The van der Waals surface area contributed by atoms with E-state index in [4.69, 9.17) is 4.74 Å². The van der Waals surface area contributed by atoms with E-state index >= 15 is 0 Å². The molecular weight excluding hydrogens is 269 g/mol. The molecule has 0 unspecified atom stereocenters. The molecule has 0 fully saturated rings. The summed E-state index contributed by atoms with van der Waals surface area (Å²) in [6, 6.07) is 13.7. The lowest BCUT2D eigenvalue weighted by Gasteiger charge is -2.14. The number of nitrogens with zero attached hydrogens (tertiary/aromatic N) is 1. The van der Waals surface area contributed by atoms with Gasteiger partial charge >= 0.3 is 0 Å². The first-order valence-electron chi connectivity index (χ1n) is 6.65. The van der Waals surface area contributed by atoms with Crippen LogP contribution in [-0.2, 0) is 0 Å². The number of benzene rings is 2. The fourth-order valence-corrected chi connectivity index (χ4v) is 2.23. The minimum Gasteiger partial charge on any atom is -0.452 e. The van der Waals surface area contributed by atoms with E-state index in [0.717, 1.165) is 5.39 Å². The largest absolute Gasteiger partial charge is 0.452 e. The third kappa shape index (κ3) is 2.58. The fraction of sp³-hybridized carbons (Fsp3) is 0.118. The van der Waals surface area contributed by atoms with E-state index in [2.05, 4.69) is 4.98 Å². The van der Waals surface area contributed by atoms with Crippen molar-refractivity contribution < 1.29 is 14.2 Å². The highest BCUT2D eigenvalue weighted by Crippen LogP contribution is 2.34. The number of pyridine rings is 1. The zero-order valence-electron chi connectivity index (χ0n) is 11.5. The molecule has 0 radical (unpaired) electrons. The van der Waals surface area contributed by atoms with Gasteiger partial charge in [0, 0.05) is 17.1 Å². The van der Waals surface area contributed by atoms with Crippen molar-refractivity contribution in [1.82, 2.24) is 4.98 Å². The van der Waals surface area contributed by atoms with E-state index in [9.17, 15) is 9.50 Å². The maximum Gasteiger partial charge on any atom is 0.168 e. The number of aliphatic hydroxyl groups excluding tert-OH is 1. The molecule has 3 nitrogen and oxygen atoms in total. The van der Waals surface area contributed by atoms with Gasteiger partial charge in [-0.2, -0.15) is 0 Å². The molecule has 2 aromatic carbocycles. The number of aliphatic hydroxyl groups is 1. The number of aromatic nitrogens is 1. The van der Waals surface area contributed by atoms with Crippen molar-refractivity contribution in [1.29, 1.82) is 0 Å². The maximum atomic E-state index is 14.0. The Morgan fingerprint density at radius 2 is 1.86 bits per heavy atom. The van der Waals surface area contributed by atoms with Crippen molar-refractivity contribution in [3.05, 3.63) is 66.1 Å². The molecule has 3 aromatic rings. The lowest BCUT2D eigenvalue weighted by molar-refractivity contribution is 0.194. The van der Waals surface area contributed by atoms with Gasteiger partial charge in [-0.25, -0.2) is 4.39 Å². The van der Waals surface area contributed by atoms with Gasteiger partial charge in [-0.05, 0) is 25.1 Å². The molecule has 3 rings (SSSR count). The molecule has 0 aliphatic heterocycles. The van der Waals surface area contributed by atoms with Gasteiger partial charge in [-0.3, -0.25) is 4.98 Å². The molecule has 0 aliphatic carbocycles. The average molecular weight is 283 g/mol. The maximum absolute atomic E-state index is 14.0. The summed E-state index contributed by atoms with van der Waals surface area (Å²) in [4.78, 5) is 4.27. The van der Waals surface area contributed by atoms with Crippen molar-refractivity contribution in [2.24, 2.45) is 0 Å². The summed E-state index contributed by atoms with van der Waals surface area (Å²) in [5.74, 6) is -0.0212. The van der Waals surface area contributed by atoms with Gasteiger partial charge in [0.05, 0.1) is 6.10 Å². The van der Waals surface area contributed by atoms with Crippen molar-refractivity contribution in [3.63, 3.8) is 0 Å². The van der Waals surface area contributed by atoms with E-state index in [1.165, 1.54) is 6.07 Å². The lowest BCUT2D eigenvalue weighted by atomic mass is 10.1. The normalized spacial score (nSPS) is 12.3. The van der Waals surface area contributed by atoms with Crippen LogP contribution in [-0.4, -0.2) is 10.1 Å². The second kappa shape index (κ2) is 5.50. The fourth-order valence-electron chi connectivity index (χ4n) is 2.23. The summed E-state index contributed by atoms with van der Waals surface area (Å²) in [7, 11) is 0. The van der Waals surface area contributed by atoms with Gasteiger partial charge in [0.15, 0.2) is 17.3 Å². The number of ether oxygens (including phenoxy) is 1. The van der Waals surface area contributed by atoms with Crippen LogP contribution in [0.2, 0.25) is 0 Å². The van der Waals surface area contributed by atoms with E-state index in [1.807, 2.05) is 24.3 Å². The number of fused-ring (bicyclic) bond motifs is 1. The third-order valence-corrected chi connectivity index (χ3v) is 3.26. The number of hydrogen-bond donors (Lipinski definition) is 1. The summed E-state index contributed by atoms with van der Waals surface area (Å²) in [5, 5.41) is 10.7. The minimum absolute atomic E-state index is 0.0330. The lowest BCUT2D eigenvalue weighted by Crippen LogP contribution is -1.99. The summed E-state index contributed by atoms with van der Waals surface area (Å²) in [5.41, 5.74) is 1.06. The molecule has 1 atom stereocenters. The zero-order chi connectivity index (χ0) is 14.8. The second-order valence-electron chi connectivity index (χ2n) is 4.77. The Bertz CT molecular complexity index is 781. The van der Waals surface area contributed by atoms with Crippen LogP contribution in [0.5, 0.6) is 11.5 Å². The van der Waals surface area contributed by atoms with E-state index < -0.39 is 11.9 Å². The highest BCUT2D eigenvalue weighted by atomic mass is 19.1. The Morgan fingerprint density at radius 1 is 1.10 bits per heavy atom. The predicted molar refractivity (Wildman–Crippen MR) is 78.9 cm³/mol. The molecule has 4 heteroatoms. The van der Waals surface area contributed by atoms with E-state index in [1.54, 1.807) is 31.3 Å². The van der Waals surface area contributed by atoms with Gasteiger partial charge in [-0.1, -0.05) is 30.3 Å². The first kappa shape index (κ1) is 13.5. The van der Waals surface area contributed by atoms with Crippen LogP contribution in [0, 0.1) is 5.82 Å². The van der Waals surface area contributed by atoms with Crippen molar-refractivity contribution in [3.8, 4) is 11.5 Å². The molecular formula is C17H14FNO2. The van der Waals surface area contributed by atoms with E-state index in [-0.39, 0.29) is 5.75 Å². The molecule has 0 aliphatic rings. The SMILES string of the molecule is C[C@H](O)c1cccc(F)c1Oc1cccc2cccnc12. The molecule has 0 spiro atoms. The Kier molecular flexibility index (Phi) is 3.54. The Morgan fingerprint density at radius 3 is 2.67 bits per heavy atom. The van der Waals surface area contributed by atoms with Crippen LogP contribution in [0.25, 0.3) is 10.9 Å². The third-order valence-electron chi connectivity index (χ3n) is 3.26. The first-order valence-corrected chi connectivity index (χ1v) is 6.65. The average Bonchev–Trinajstić information content (AvgIpc) is 2.49. The van der Waals surface area contributed by atoms with Crippen molar-refractivity contribution >= 4 is 10.9 Å². The summed E-state index contributed by atoms with van der Waals surface area (Å²) in [6.07, 6.45) is 0.838. The van der Waals surface area contributed by atoms with Crippen molar-refractivity contribution in [2.45, 2.75) is 13.0 Å². The van der Waals surface area contributed by atoms with Crippen LogP contribution >= 0.6 is 0 Å². The molecule has 0 saturated carbocycles. The summed E-state index contributed by atoms with van der Waals surface area (Å²) >= 11 is 0. The quantitative estimate of drug-likeness (QED) is 0.782. The second-order valence-corrected chi connectivity index (χ2v) is 4.77. The van der Waals surface area contributed by atoms with E-state index in [0.29, 0.717) is 16.8 Å². The summed E-state index contributed by atoms with van der Waals surface area (Å²) in [6.45, 7) is 1.57. The van der Waals surface area contributed by atoms with Gasteiger partial charge in [0.2, 0.25) is 0 Å². The predicted octanol–water partition coefficient (Wildman–Crippen LogP) is 4.22. The van der Waals surface area contributed by atoms with Crippen molar-refractivity contribution in [2.75, 3.05) is 0 Å². The van der Waals surface area contributed by atoms with Crippen LogP contribution in [0.4, 0.5) is 4.39 Å². The van der Waals surface area contributed by atoms with Gasteiger partial charge in [-0.15, -0.1) is 0 Å². The molecule has 1 N–H and O–H groups in total. The highest BCUT2D eigenvalue weighted by Gasteiger charge is 2.16. The molecule has 0 amide bonds. The number of rotatable bonds is 3. The highest BCUT2D eigenvalue weighted by molar-refractivity contribution is 5.84. The summed E-state index contributed by atoms with van der Waals surface area (Å²) < 4.78 is 19.8. The van der Waals surface area contributed by atoms with Gasteiger partial charge in [0.1, 0.15) is 5.52 Å². The molecule has 21 heavy (non-hydrogen) atoms. The van der Waals surface area contributed by atoms with Crippen LogP contribution in [0.15, 0.2) is 54.7 Å². The van der Waals surface area contributed by atoms with Gasteiger partial charge < -0.3 is 9.84 Å².